The maximum absolute atomic E-state index is 10.1. The second-order valence-corrected chi connectivity index (χ2v) is 5.59. The van der Waals surface area contributed by atoms with Gasteiger partial charge in [0.2, 0.25) is 0 Å². The van der Waals surface area contributed by atoms with Crippen LogP contribution in [0.2, 0.25) is 0 Å². The van der Waals surface area contributed by atoms with Crippen LogP contribution in [0.3, 0.4) is 0 Å². The van der Waals surface area contributed by atoms with Crippen molar-refractivity contribution in [3.8, 4) is 0 Å². The number of hydrogen-bond acceptors (Lipinski definition) is 2. The Kier molecular flexibility index (Phi) is 3.85. The molecule has 0 aliphatic heterocycles. The lowest BCUT2D eigenvalue weighted by Gasteiger charge is -2.21. The molecule has 2 unspecified atom stereocenters. The van der Waals surface area contributed by atoms with E-state index in [1.54, 1.807) is 0 Å². The van der Waals surface area contributed by atoms with Gasteiger partial charge in [-0.3, -0.25) is 0 Å². The number of aliphatic hydroxyl groups is 1. The van der Waals surface area contributed by atoms with E-state index in [-0.39, 0.29) is 12.1 Å². The lowest BCUT2D eigenvalue weighted by molar-refractivity contribution is 0.119. The van der Waals surface area contributed by atoms with Crippen LogP contribution in [0.1, 0.15) is 37.7 Å². The van der Waals surface area contributed by atoms with Crippen LogP contribution in [0.15, 0.2) is 30.5 Å². The Bertz CT molecular complexity index is 534. The number of hydrogen-bond donors (Lipinski definition) is 3. The van der Waals surface area contributed by atoms with Crippen molar-refractivity contribution >= 4 is 10.9 Å². The molecule has 3 nitrogen and oxygen atoms in total. The number of aromatic amines is 1. The van der Waals surface area contributed by atoms with Gasteiger partial charge in [-0.1, -0.05) is 31.4 Å². The normalized spacial score (nSPS) is 24.5. The van der Waals surface area contributed by atoms with Crippen LogP contribution in [-0.4, -0.2) is 22.2 Å². The Morgan fingerprint density at radius 3 is 3.00 bits per heavy atom. The fourth-order valence-corrected chi connectivity index (χ4v) is 2.98. The maximum atomic E-state index is 10.1. The van der Waals surface area contributed by atoms with Crippen LogP contribution < -0.4 is 5.32 Å². The van der Waals surface area contributed by atoms with Crippen molar-refractivity contribution in [3.63, 3.8) is 0 Å². The predicted molar refractivity (Wildman–Crippen MR) is 78.0 cm³/mol. The van der Waals surface area contributed by atoms with Crippen molar-refractivity contribution in [1.82, 2.24) is 10.3 Å². The Balaban J connectivity index is 1.64. The van der Waals surface area contributed by atoms with Crippen molar-refractivity contribution in [3.05, 3.63) is 36.0 Å². The zero-order valence-corrected chi connectivity index (χ0v) is 11.2. The van der Waals surface area contributed by atoms with Gasteiger partial charge in [0.05, 0.1) is 6.10 Å². The van der Waals surface area contributed by atoms with Crippen molar-refractivity contribution < 1.29 is 5.11 Å². The largest absolute Gasteiger partial charge is 0.392 e. The summed E-state index contributed by atoms with van der Waals surface area (Å²) in [6, 6.07) is 8.83. The molecule has 2 atom stereocenters. The monoisotopic (exact) mass is 258 g/mol. The molecule has 1 aromatic carbocycles. The molecule has 1 aromatic heterocycles. The average Bonchev–Trinajstić information content (AvgIpc) is 2.79. The van der Waals surface area contributed by atoms with Gasteiger partial charge in [-0.25, -0.2) is 0 Å². The molecule has 1 fully saturated rings. The lowest BCUT2D eigenvalue weighted by Crippen LogP contribution is -2.38. The Morgan fingerprint density at radius 1 is 1.16 bits per heavy atom. The molecule has 102 valence electrons. The first-order valence-electron chi connectivity index (χ1n) is 7.30. The van der Waals surface area contributed by atoms with Gasteiger partial charge >= 0.3 is 0 Å². The zero-order chi connectivity index (χ0) is 13.1. The highest BCUT2D eigenvalue weighted by molar-refractivity contribution is 5.79. The van der Waals surface area contributed by atoms with Gasteiger partial charge in [0.25, 0.3) is 0 Å². The van der Waals surface area contributed by atoms with Gasteiger partial charge in [-0.15, -0.1) is 0 Å². The van der Waals surface area contributed by atoms with Crippen LogP contribution >= 0.6 is 0 Å². The lowest BCUT2D eigenvalue weighted by atomic mass is 10.1. The van der Waals surface area contributed by atoms with Crippen LogP contribution in [0.4, 0.5) is 0 Å². The summed E-state index contributed by atoms with van der Waals surface area (Å²) in [5, 5.41) is 14.9. The molecular weight excluding hydrogens is 236 g/mol. The highest BCUT2D eigenvalue weighted by Crippen LogP contribution is 2.19. The van der Waals surface area contributed by atoms with E-state index >= 15 is 0 Å². The third-order valence-corrected chi connectivity index (χ3v) is 4.17. The summed E-state index contributed by atoms with van der Waals surface area (Å²) in [6.45, 7) is 0.830. The number of rotatable bonds is 3. The van der Waals surface area contributed by atoms with Crippen LogP contribution in [0.5, 0.6) is 0 Å². The molecule has 0 saturated heterocycles. The maximum Gasteiger partial charge on any atom is 0.0693 e. The molecule has 3 heteroatoms. The van der Waals surface area contributed by atoms with E-state index < -0.39 is 0 Å². The number of aromatic nitrogens is 1. The molecule has 19 heavy (non-hydrogen) atoms. The van der Waals surface area contributed by atoms with E-state index in [0.717, 1.165) is 25.8 Å². The summed E-state index contributed by atoms with van der Waals surface area (Å²) in [7, 11) is 0. The van der Waals surface area contributed by atoms with Crippen LogP contribution in [0, 0.1) is 0 Å². The zero-order valence-electron chi connectivity index (χ0n) is 11.2. The minimum atomic E-state index is -0.184. The Hall–Kier alpha value is -1.32. The summed E-state index contributed by atoms with van der Waals surface area (Å²) < 4.78 is 0. The van der Waals surface area contributed by atoms with Crippen molar-refractivity contribution in [2.45, 2.75) is 50.8 Å². The Morgan fingerprint density at radius 2 is 2.05 bits per heavy atom. The van der Waals surface area contributed by atoms with Crippen molar-refractivity contribution in [2.24, 2.45) is 0 Å². The van der Waals surface area contributed by atoms with Crippen LogP contribution in [-0.2, 0) is 6.54 Å². The summed E-state index contributed by atoms with van der Waals surface area (Å²) >= 11 is 0. The fourth-order valence-electron chi connectivity index (χ4n) is 2.98. The molecule has 0 bridgehead atoms. The molecule has 0 radical (unpaired) electrons. The number of H-pyrrole nitrogens is 1. The van der Waals surface area contributed by atoms with E-state index in [0.29, 0.717) is 0 Å². The molecule has 3 N–H and O–H groups in total. The SMILES string of the molecule is OC1CCCCCC1NCc1ccc2cc[nH]c2c1. The summed E-state index contributed by atoms with van der Waals surface area (Å²) in [6.07, 6.45) is 7.45. The van der Waals surface area contributed by atoms with E-state index in [4.69, 9.17) is 0 Å². The van der Waals surface area contributed by atoms with Gasteiger partial charge in [0, 0.05) is 24.3 Å². The number of fused-ring (bicyclic) bond motifs is 1. The second kappa shape index (κ2) is 5.76. The molecular formula is C16H22N2O. The molecule has 0 amide bonds. The van der Waals surface area contributed by atoms with Crippen LogP contribution in [0.25, 0.3) is 10.9 Å². The molecule has 1 heterocycles. The van der Waals surface area contributed by atoms with Gasteiger partial charge in [0.15, 0.2) is 0 Å². The third kappa shape index (κ3) is 2.99. The smallest absolute Gasteiger partial charge is 0.0693 e. The topological polar surface area (TPSA) is 48.0 Å². The molecule has 1 aliphatic carbocycles. The first-order valence-corrected chi connectivity index (χ1v) is 7.30. The quantitative estimate of drug-likeness (QED) is 0.741. The number of nitrogens with one attached hydrogen (secondary N) is 2. The van der Waals surface area contributed by atoms with E-state index in [9.17, 15) is 5.11 Å². The first-order chi connectivity index (χ1) is 9.33. The molecule has 1 aliphatic rings. The van der Waals surface area contributed by atoms with Crippen molar-refractivity contribution in [1.29, 1.82) is 0 Å². The van der Waals surface area contributed by atoms with Gasteiger partial charge in [0.1, 0.15) is 0 Å². The third-order valence-electron chi connectivity index (χ3n) is 4.17. The van der Waals surface area contributed by atoms with E-state index in [1.165, 1.54) is 29.3 Å². The standard InChI is InChI=1S/C16H22N2O/c19-16-5-3-1-2-4-14(16)18-11-12-6-7-13-8-9-17-15(13)10-12/h6-10,14,16-19H,1-5,11H2. The van der Waals surface area contributed by atoms with Gasteiger partial charge in [-0.2, -0.15) is 0 Å². The van der Waals surface area contributed by atoms with E-state index in [1.807, 2.05) is 6.20 Å². The highest BCUT2D eigenvalue weighted by atomic mass is 16.3. The van der Waals surface area contributed by atoms with Gasteiger partial charge in [-0.05, 0) is 35.9 Å². The minimum Gasteiger partial charge on any atom is -0.392 e. The minimum absolute atomic E-state index is 0.184. The summed E-state index contributed by atoms with van der Waals surface area (Å²) in [4.78, 5) is 3.24. The average molecular weight is 258 g/mol. The van der Waals surface area contributed by atoms with E-state index in [2.05, 4.69) is 34.6 Å². The predicted octanol–water partition coefficient (Wildman–Crippen LogP) is 2.95. The molecule has 1 saturated carbocycles. The molecule has 2 aromatic rings. The second-order valence-electron chi connectivity index (χ2n) is 5.59. The molecule has 0 spiro atoms. The first kappa shape index (κ1) is 12.7. The summed E-state index contributed by atoms with van der Waals surface area (Å²) in [5.74, 6) is 0. The van der Waals surface area contributed by atoms with Crippen molar-refractivity contribution in [2.75, 3.05) is 0 Å². The Labute approximate surface area is 114 Å². The number of aliphatic hydroxyl groups excluding tert-OH is 1. The van der Waals surface area contributed by atoms with Gasteiger partial charge < -0.3 is 15.4 Å². The molecule has 3 rings (SSSR count). The fraction of sp³-hybridized carbons (Fsp3) is 0.500. The summed E-state index contributed by atoms with van der Waals surface area (Å²) in [5.41, 5.74) is 2.45. The highest BCUT2D eigenvalue weighted by Gasteiger charge is 2.20. The number of benzene rings is 1.